The third kappa shape index (κ3) is 4.35. The molecule has 0 aromatic rings. The third-order valence-electron chi connectivity index (χ3n) is 3.84. The molecule has 2 N–H and O–H groups in total. The fraction of sp³-hybridized carbons (Fsp3) is 0.923. The molecule has 2 unspecified atom stereocenters. The number of hydrogen-bond acceptors (Lipinski definition) is 4. The summed E-state index contributed by atoms with van der Waals surface area (Å²) in [6.45, 7) is 2.22. The van der Waals surface area contributed by atoms with Gasteiger partial charge < -0.3 is 10.6 Å². The van der Waals surface area contributed by atoms with Crippen molar-refractivity contribution in [3.8, 4) is 0 Å². The second kappa shape index (κ2) is 7.65. The minimum absolute atomic E-state index is 0.240. The Morgan fingerprint density at radius 1 is 1.28 bits per heavy atom. The van der Waals surface area contributed by atoms with E-state index in [0.717, 1.165) is 19.5 Å². The van der Waals surface area contributed by atoms with E-state index in [4.69, 9.17) is 0 Å². The molecule has 1 saturated heterocycles. The molecule has 18 heavy (non-hydrogen) atoms. The minimum atomic E-state index is 0.240. The maximum atomic E-state index is 11.9. The van der Waals surface area contributed by atoms with Crippen LogP contribution in [0.1, 0.15) is 32.1 Å². The second-order valence-corrected chi connectivity index (χ2v) is 7.51. The van der Waals surface area contributed by atoms with Crippen LogP contribution in [0.2, 0.25) is 0 Å². The Morgan fingerprint density at radius 3 is 2.78 bits per heavy atom. The molecular formula is C13H24N2OS2. The van der Waals surface area contributed by atoms with Gasteiger partial charge in [0, 0.05) is 16.5 Å². The highest BCUT2D eigenvalue weighted by Crippen LogP contribution is 2.28. The van der Waals surface area contributed by atoms with Crippen molar-refractivity contribution in [2.24, 2.45) is 0 Å². The molecule has 0 aromatic heterocycles. The Balaban J connectivity index is 1.65. The number of amides is 1. The summed E-state index contributed by atoms with van der Waals surface area (Å²) in [7, 11) is 0. The Hall–Kier alpha value is 0.130. The largest absolute Gasteiger partial charge is 0.352 e. The normalized spacial score (nSPS) is 29.4. The molecule has 0 bridgehead atoms. The first kappa shape index (κ1) is 14.5. The summed E-state index contributed by atoms with van der Waals surface area (Å²) in [4.78, 5) is 11.9. The van der Waals surface area contributed by atoms with Gasteiger partial charge in [-0.2, -0.15) is 11.8 Å². The zero-order chi connectivity index (χ0) is 12.8. The zero-order valence-corrected chi connectivity index (χ0v) is 12.7. The monoisotopic (exact) mass is 288 g/mol. The Kier molecular flexibility index (Phi) is 6.18. The minimum Gasteiger partial charge on any atom is -0.352 e. The van der Waals surface area contributed by atoms with Gasteiger partial charge in [-0.25, -0.2) is 0 Å². The van der Waals surface area contributed by atoms with Gasteiger partial charge in [0.05, 0.1) is 5.75 Å². The van der Waals surface area contributed by atoms with E-state index in [1.807, 2.05) is 23.5 Å². The van der Waals surface area contributed by atoms with Crippen LogP contribution in [0.15, 0.2) is 0 Å². The standard InChI is InChI=1S/C13H24N2OS2/c1-17-12-4-2-3-11(12)15-13(16)9-18-10-5-7-14-8-6-10/h10-12,14H,2-9H2,1H3,(H,15,16). The SMILES string of the molecule is CSC1CCCC1NC(=O)CSC1CCNCC1. The lowest BCUT2D eigenvalue weighted by atomic mass is 10.2. The van der Waals surface area contributed by atoms with Crippen LogP contribution >= 0.6 is 23.5 Å². The van der Waals surface area contributed by atoms with Crippen LogP contribution < -0.4 is 10.6 Å². The molecule has 2 atom stereocenters. The summed E-state index contributed by atoms with van der Waals surface area (Å²) >= 11 is 3.74. The fourth-order valence-corrected chi connectivity index (χ4v) is 4.75. The maximum absolute atomic E-state index is 11.9. The van der Waals surface area contributed by atoms with Gasteiger partial charge in [0.15, 0.2) is 0 Å². The summed E-state index contributed by atoms with van der Waals surface area (Å²) in [5.41, 5.74) is 0. The molecule has 0 aromatic carbocycles. The van der Waals surface area contributed by atoms with Gasteiger partial charge in [-0.1, -0.05) is 6.42 Å². The van der Waals surface area contributed by atoms with Crippen molar-refractivity contribution < 1.29 is 4.79 Å². The average Bonchev–Trinajstić information content (AvgIpc) is 2.85. The van der Waals surface area contributed by atoms with E-state index in [0.29, 0.717) is 22.3 Å². The summed E-state index contributed by atoms with van der Waals surface area (Å²) in [6, 6.07) is 0.418. The number of piperidine rings is 1. The number of thioether (sulfide) groups is 2. The van der Waals surface area contributed by atoms with Crippen LogP contribution in [0.5, 0.6) is 0 Å². The molecule has 2 rings (SSSR count). The molecule has 3 nitrogen and oxygen atoms in total. The van der Waals surface area contributed by atoms with Crippen LogP contribution in [0.3, 0.4) is 0 Å². The van der Waals surface area contributed by atoms with Gasteiger partial charge in [0.1, 0.15) is 0 Å². The van der Waals surface area contributed by atoms with E-state index in [1.54, 1.807) is 0 Å². The number of rotatable bonds is 5. The highest BCUT2D eigenvalue weighted by Gasteiger charge is 2.27. The summed E-state index contributed by atoms with van der Waals surface area (Å²) in [6.07, 6.45) is 8.24. The molecule has 1 aliphatic carbocycles. The van der Waals surface area contributed by atoms with Crippen LogP contribution in [0.25, 0.3) is 0 Å². The second-order valence-electron chi connectivity index (χ2n) is 5.14. The van der Waals surface area contributed by atoms with E-state index in [2.05, 4.69) is 16.9 Å². The molecule has 1 aliphatic heterocycles. The third-order valence-corrected chi connectivity index (χ3v) is 6.38. The van der Waals surface area contributed by atoms with Gasteiger partial charge >= 0.3 is 0 Å². The molecule has 1 heterocycles. The first-order valence-corrected chi connectivity index (χ1v) is 9.27. The number of hydrogen-bond donors (Lipinski definition) is 2. The lowest BCUT2D eigenvalue weighted by Gasteiger charge is -2.23. The van der Waals surface area contributed by atoms with Crippen LogP contribution in [-0.4, -0.2) is 47.5 Å². The van der Waals surface area contributed by atoms with Gasteiger partial charge in [-0.05, 0) is 45.0 Å². The van der Waals surface area contributed by atoms with Crippen molar-refractivity contribution in [1.82, 2.24) is 10.6 Å². The zero-order valence-electron chi connectivity index (χ0n) is 11.1. The van der Waals surface area contributed by atoms with Gasteiger partial charge in [-0.15, -0.1) is 11.8 Å². The fourth-order valence-electron chi connectivity index (χ4n) is 2.78. The predicted octanol–water partition coefficient (Wildman–Crippen LogP) is 1.87. The first-order chi connectivity index (χ1) is 8.79. The van der Waals surface area contributed by atoms with Gasteiger partial charge in [0.2, 0.25) is 5.91 Å². The van der Waals surface area contributed by atoms with Crippen molar-refractivity contribution in [3.63, 3.8) is 0 Å². The summed E-state index contributed by atoms with van der Waals surface area (Å²) < 4.78 is 0. The Morgan fingerprint density at radius 2 is 2.06 bits per heavy atom. The maximum Gasteiger partial charge on any atom is 0.230 e. The smallest absolute Gasteiger partial charge is 0.230 e. The van der Waals surface area contributed by atoms with E-state index in [9.17, 15) is 4.79 Å². The van der Waals surface area contributed by atoms with Crippen LogP contribution in [-0.2, 0) is 4.79 Å². The van der Waals surface area contributed by atoms with Crippen molar-refractivity contribution in [2.75, 3.05) is 25.1 Å². The molecular weight excluding hydrogens is 264 g/mol. The topological polar surface area (TPSA) is 41.1 Å². The predicted molar refractivity (Wildman–Crippen MR) is 81.4 cm³/mol. The highest BCUT2D eigenvalue weighted by atomic mass is 32.2. The van der Waals surface area contributed by atoms with Crippen LogP contribution in [0, 0.1) is 0 Å². The number of carbonyl (C=O) groups is 1. The van der Waals surface area contributed by atoms with E-state index in [1.165, 1.54) is 25.7 Å². The lowest BCUT2D eigenvalue weighted by Crippen LogP contribution is -2.40. The molecule has 0 spiro atoms. The quantitative estimate of drug-likeness (QED) is 0.810. The van der Waals surface area contributed by atoms with Crippen molar-refractivity contribution in [1.29, 1.82) is 0 Å². The molecule has 2 aliphatic rings. The van der Waals surface area contributed by atoms with Crippen molar-refractivity contribution >= 4 is 29.4 Å². The Bertz CT molecular complexity index is 270. The van der Waals surface area contributed by atoms with E-state index < -0.39 is 0 Å². The van der Waals surface area contributed by atoms with Crippen molar-refractivity contribution in [2.45, 2.75) is 48.6 Å². The first-order valence-electron chi connectivity index (χ1n) is 6.94. The lowest BCUT2D eigenvalue weighted by molar-refractivity contribution is -0.119. The van der Waals surface area contributed by atoms with E-state index >= 15 is 0 Å². The average molecular weight is 288 g/mol. The van der Waals surface area contributed by atoms with E-state index in [-0.39, 0.29) is 5.91 Å². The molecule has 5 heteroatoms. The van der Waals surface area contributed by atoms with Crippen LogP contribution in [0.4, 0.5) is 0 Å². The molecule has 2 fully saturated rings. The molecule has 104 valence electrons. The van der Waals surface area contributed by atoms with Gasteiger partial charge in [-0.3, -0.25) is 4.79 Å². The summed E-state index contributed by atoms with van der Waals surface area (Å²) in [5.74, 6) is 0.881. The number of nitrogens with one attached hydrogen (secondary N) is 2. The summed E-state index contributed by atoms with van der Waals surface area (Å²) in [5, 5.41) is 7.90. The molecule has 1 saturated carbocycles. The van der Waals surface area contributed by atoms with Crippen molar-refractivity contribution in [3.05, 3.63) is 0 Å². The number of carbonyl (C=O) groups excluding carboxylic acids is 1. The Labute approximate surface area is 119 Å². The van der Waals surface area contributed by atoms with Gasteiger partial charge in [0.25, 0.3) is 0 Å². The molecule has 0 radical (unpaired) electrons. The molecule has 1 amide bonds. The highest BCUT2D eigenvalue weighted by molar-refractivity contribution is 8.00.